The van der Waals surface area contributed by atoms with Gasteiger partial charge >= 0.3 is 0 Å². The number of aromatic nitrogens is 1. The van der Waals surface area contributed by atoms with Gasteiger partial charge in [0.25, 0.3) is 5.91 Å². The lowest BCUT2D eigenvalue weighted by Gasteiger charge is -2.08. The van der Waals surface area contributed by atoms with Gasteiger partial charge < -0.3 is 16.4 Å². The second-order valence-corrected chi connectivity index (χ2v) is 3.12. The number of carbonyl (C=O) groups is 1. The Bertz CT molecular complexity index is 351. The lowest BCUT2D eigenvalue weighted by molar-refractivity contribution is 0.0958. The summed E-state index contributed by atoms with van der Waals surface area (Å²) >= 11 is 0. The van der Waals surface area contributed by atoms with Gasteiger partial charge in [-0.3, -0.25) is 4.79 Å². The minimum Gasteiger partial charge on any atom is -0.382 e. The third-order valence-electron chi connectivity index (χ3n) is 2.01. The van der Waals surface area contributed by atoms with E-state index in [1.165, 1.54) is 0 Å². The highest BCUT2D eigenvalue weighted by atomic mass is 16.1. The number of carbonyl (C=O) groups excluding carboxylic acids is 1. The van der Waals surface area contributed by atoms with E-state index in [2.05, 4.69) is 15.6 Å². The highest BCUT2D eigenvalue weighted by molar-refractivity contribution is 5.92. The topological polar surface area (TPSA) is 80.0 Å². The predicted octanol–water partition coefficient (Wildman–Crippen LogP) is 0.120. The Labute approximate surface area is 89.1 Å². The summed E-state index contributed by atoms with van der Waals surface area (Å²) in [5, 5.41) is 5.66. The van der Waals surface area contributed by atoms with Crippen LogP contribution in [0.2, 0.25) is 0 Å². The van der Waals surface area contributed by atoms with E-state index in [1.807, 2.05) is 13.0 Å². The van der Waals surface area contributed by atoms with E-state index >= 15 is 0 Å². The molecule has 0 bridgehead atoms. The van der Waals surface area contributed by atoms with Crippen LogP contribution in [0.1, 0.15) is 16.2 Å². The second kappa shape index (κ2) is 5.31. The minimum absolute atomic E-state index is 0.177. The van der Waals surface area contributed by atoms with Gasteiger partial charge in [0.05, 0.1) is 11.4 Å². The molecule has 1 heterocycles. The molecule has 1 amide bonds. The zero-order valence-corrected chi connectivity index (χ0v) is 9.00. The molecule has 1 rings (SSSR count). The SMILES string of the molecule is CNC(=O)c1ccc(NCCN)c(C)n1. The first-order valence-electron chi connectivity index (χ1n) is 4.82. The van der Waals surface area contributed by atoms with Crippen molar-refractivity contribution in [2.75, 3.05) is 25.5 Å². The molecule has 0 spiro atoms. The average molecular weight is 208 g/mol. The van der Waals surface area contributed by atoms with Crippen LogP contribution in [0.3, 0.4) is 0 Å². The molecule has 4 N–H and O–H groups in total. The molecule has 1 aromatic heterocycles. The third-order valence-corrected chi connectivity index (χ3v) is 2.01. The number of anilines is 1. The molecule has 0 unspecified atom stereocenters. The van der Waals surface area contributed by atoms with Crippen molar-refractivity contribution in [1.29, 1.82) is 0 Å². The maximum Gasteiger partial charge on any atom is 0.269 e. The van der Waals surface area contributed by atoms with E-state index in [0.29, 0.717) is 18.8 Å². The van der Waals surface area contributed by atoms with Crippen molar-refractivity contribution < 1.29 is 4.79 Å². The number of nitrogens with one attached hydrogen (secondary N) is 2. The van der Waals surface area contributed by atoms with Gasteiger partial charge in [-0.2, -0.15) is 0 Å². The molecule has 5 nitrogen and oxygen atoms in total. The third kappa shape index (κ3) is 2.92. The van der Waals surface area contributed by atoms with Gasteiger partial charge in [0.15, 0.2) is 0 Å². The number of amides is 1. The molecule has 0 aliphatic heterocycles. The first-order chi connectivity index (χ1) is 7.19. The monoisotopic (exact) mass is 208 g/mol. The Balaban J connectivity index is 2.83. The zero-order chi connectivity index (χ0) is 11.3. The number of nitrogens with two attached hydrogens (primary N) is 1. The highest BCUT2D eigenvalue weighted by Gasteiger charge is 2.06. The smallest absolute Gasteiger partial charge is 0.269 e. The van der Waals surface area contributed by atoms with Gasteiger partial charge in [0, 0.05) is 20.1 Å². The maximum absolute atomic E-state index is 11.3. The molecule has 0 aliphatic carbocycles. The summed E-state index contributed by atoms with van der Waals surface area (Å²) in [6.07, 6.45) is 0. The molecular formula is C10H16N4O. The van der Waals surface area contributed by atoms with Crippen molar-refractivity contribution in [3.63, 3.8) is 0 Å². The molecule has 0 fully saturated rings. The summed E-state index contributed by atoms with van der Waals surface area (Å²) in [5.74, 6) is -0.177. The highest BCUT2D eigenvalue weighted by Crippen LogP contribution is 2.12. The van der Waals surface area contributed by atoms with Crippen LogP contribution < -0.4 is 16.4 Å². The van der Waals surface area contributed by atoms with Crippen molar-refractivity contribution in [3.8, 4) is 0 Å². The minimum atomic E-state index is -0.177. The summed E-state index contributed by atoms with van der Waals surface area (Å²) in [7, 11) is 1.58. The molecule has 0 aliphatic rings. The number of hydrogen-bond acceptors (Lipinski definition) is 4. The molecule has 1 aromatic rings. The van der Waals surface area contributed by atoms with Crippen LogP contribution in [-0.4, -0.2) is 31.0 Å². The first kappa shape index (κ1) is 11.5. The van der Waals surface area contributed by atoms with Crippen LogP contribution in [0, 0.1) is 6.92 Å². The summed E-state index contributed by atoms with van der Waals surface area (Å²) in [4.78, 5) is 15.5. The van der Waals surface area contributed by atoms with Gasteiger partial charge in [-0.25, -0.2) is 4.98 Å². The van der Waals surface area contributed by atoms with Crippen LogP contribution in [0.4, 0.5) is 5.69 Å². The standard InChI is InChI=1S/C10H16N4O/c1-7-8(13-6-5-11)3-4-9(14-7)10(15)12-2/h3-4,13H,5-6,11H2,1-2H3,(H,12,15). The molecule has 0 saturated heterocycles. The Morgan fingerprint density at radius 3 is 2.80 bits per heavy atom. The van der Waals surface area contributed by atoms with Crippen LogP contribution in [0.15, 0.2) is 12.1 Å². The quantitative estimate of drug-likeness (QED) is 0.656. The van der Waals surface area contributed by atoms with Gasteiger partial charge in [-0.15, -0.1) is 0 Å². The number of rotatable bonds is 4. The second-order valence-electron chi connectivity index (χ2n) is 3.12. The summed E-state index contributed by atoms with van der Waals surface area (Å²) in [6.45, 7) is 3.11. The Kier molecular flexibility index (Phi) is 4.05. The van der Waals surface area contributed by atoms with E-state index in [4.69, 9.17) is 5.73 Å². The van der Waals surface area contributed by atoms with Gasteiger partial charge in [0.2, 0.25) is 0 Å². The molecule has 0 atom stereocenters. The van der Waals surface area contributed by atoms with E-state index in [1.54, 1.807) is 13.1 Å². The van der Waals surface area contributed by atoms with Crippen LogP contribution in [0.5, 0.6) is 0 Å². The van der Waals surface area contributed by atoms with Gasteiger partial charge in [-0.1, -0.05) is 0 Å². The van der Waals surface area contributed by atoms with Gasteiger partial charge in [-0.05, 0) is 19.1 Å². The molecule has 82 valence electrons. The molecule has 5 heteroatoms. The molecule has 0 radical (unpaired) electrons. The number of aryl methyl sites for hydroxylation is 1. The first-order valence-corrected chi connectivity index (χ1v) is 4.82. The number of hydrogen-bond donors (Lipinski definition) is 3. The van der Waals surface area contributed by atoms with Crippen LogP contribution in [0.25, 0.3) is 0 Å². The molecule has 0 saturated carbocycles. The number of nitrogens with zero attached hydrogens (tertiary/aromatic N) is 1. The molecule has 15 heavy (non-hydrogen) atoms. The summed E-state index contributed by atoms with van der Waals surface area (Å²) in [5.41, 5.74) is 7.51. The Hall–Kier alpha value is -1.62. The van der Waals surface area contributed by atoms with E-state index in [0.717, 1.165) is 11.4 Å². The fourth-order valence-electron chi connectivity index (χ4n) is 1.21. The fourth-order valence-corrected chi connectivity index (χ4v) is 1.21. The average Bonchev–Trinajstić information content (AvgIpc) is 2.26. The van der Waals surface area contributed by atoms with E-state index < -0.39 is 0 Å². The van der Waals surface area contributed by atoms with Crippen molar-refractivity contribution in [2.45, 2.75) is 6.92 Å². The van der Waals surface area contributed by atoms with Crippen LogP contribution >= 0.6 is 0 Å². The lowest BCUT2D eigenvalue weighted by atomic mass is 10.2. The predicted molar refractivity (Wildman–Crippen MR) is 59.9 cm³/mol. The van der Waals surface area contributed by atoms with Gasteiger partial charge in [0.1, 0.15) is 5.69 Å². The van der Waals surface area contributed by atoms with E-state index in [9.17, 15) is 4.79 Å². The normalized spacial score (nSPS) is 9.80. The largest absolute Gasteiger partial charge is 0.382 e. The summed E-state index contributed by atoms with van der Waals surface area (Å²) in [6, 6.07) is 3.52. The van der Waals surface area contributed by atoms with Crippen molar-refractivity contribution >= 4 is 11.6 Å². The fraction of sp³-hybridized carbons (Fsp3) is 0.400. The Morgan fingerprint density at radius 1 is 1.53 bits per heavy atom. The maximum atomic E-state index is 11.3. The van der Waals surface area contributed by atoms with Crippen molar-refractivity contribution in [2.24, 2.45) is 5.73 Å². The number of pyridine rings is 1. The lowest BCUT2D eigenvalue weighted by Crippen LogP contribution is -2.20. The van der Waals surface area contributed by atoms with E-state index in [-0.39, 0.29) is 5.91 Å². The molecule has 0 aromatic carbocycles. The van der Waals surface area contributed by atoms with Crippen molar-refractivity contribution in [1.82, 2.24) is 10.3 Å². The Morgan fingerprint density at radius 2 is 2.27 bits per heavy atom. The van der Waals surface area contributed by atoms with Crippen LogP contribution in [-0.2, 0) is 0 Å². The zero-order valence-electron chi connectivity index (χ0n) is 9.00. The molecular weight excluding hydrogens is 192 g/mol. The summed E-state index contributed by atoms with van der Waals surface area (Å²) < 4.78 is 0. The van der Waals surface area contributed by atoms with Crippen molar-refractivity contribution in [3.05, 3.63) is 23.5 Å².